The van der Waals surface area contributed by atoms with E-state index in [9.17, 15) is 9.59 Å². The van der Waals surface area contributed by atoms with E-state index in [2.05, 4.69) is 5.32 Å². The predicted octanol–water partition coefficient (Wildman–Crippen LogP) is 3.43. The van der Waals surface area contributed by atoms with Crippen LogP contribution in [0.1, 0.15) is 27.0 Å². The van der Waals surface area contributed by atoms with Gasteiger partial charge in [-0.2, -0.15) is 0 Å². The van der Waals surface area contributed by atoms with Crippen LogP contribution in [0.3, 0.4) is 0 Å². The van der Waals surface area contributed by atoms with Crippen LogP contribution in [0.2, 0.25) is 0 Å². The van der Waals surface area contributed by atoms with Gasteiger partial charge in [-0.15, -0.1) is 0 Å². The SMILES string of the molecule is COc1cc(NC(=O)COC(=O)c2c(C)cc(C)cc2C)cc(OC)c1OC. The summed E-state index contributed by atoms with van der Waals surface area (Å²) in [6, 6.07) is 6.99. The Morgan fingerprint density at radius 2 is 1.39 bits per heavy atom. The van der Waals surface area contributed by atoms with Gasteiger partial charge < -0.3 is 24.3 Å². The lowest BCUT2D eigenvalue weighted by Gasteiger charge is -2.15. The second-order valence-electron chi connectivity index (χ2n) is 6.31. The number of rotatable bonds is 7. The number of ether oxygens (including phenoxy) is 4. The third-order valence-corrected chi connectivity index (χ3v) is 4.16. The largest absolute Gasteiger partial charge is 0.493 e. The van der Waals surface area contributed by atoms with Crippen molar-refractivity contribution in [2.45, 2.75) is 20.8 Å². The number of amides is 1. The first-order valence-electron chi connectivity index (χ1n) is 8.65. The summed E-state index contributed by atoms with van der Waals surface area (Å²) < 4.78 is 20.9. The number of hydrogen-bond acceptors (Lipinski definition) is 6. The van der Waals surface area contributed by atoms with Crippen LogP contribution >= 0.6 is 0 Å². The molecular weight excluding hydrogens is 362 g/mol. The molecule has 0 atom stereocenters. The molecule has 7 heteroatoms. The van der Waals surface area contributed by atoms with Gasteiger partial charge in [0.2, 0.25) is 5.75 Å². The van der Waals surface area contributed by atoms with E-state index in [0.717, 1.165) is 16.7 Å². The van der Waals surface area contributed by atoms with Crippen molar-refractivity contribution in [3.8, 4) is 17.2 Å². The van der Waals surface area contributed by atoms with Crippen molar-refractivity contribution in [1.29, 1.82) is 0 Å². The van der Waals surface area contributed by atoms with Crippen LogP contribution in [0.15, 0.2) is 24.3 Å². The molecule has 0 unspecified atom stereocenters. The van der Waals surface area contributed by atoms with Crippen molar-refractivity contribution in [1.82, 2.24) is 0 Å². The lowest BCUT2D eigenvalue weighted by atomic mass is 10.00. The van der Waals surface area contributed by atoms with Crippen molar-refractivity contribution >= 4 is 17.6 Å². The highest BCUT2D eigenvalue weighted by molar-refractivity contribution is 5.97. The fourth-order valence-corrected chi connectivity index (χ4v) is 3.06. The molecule has 0 fully saturated rings. The summed E-state index contributed by atoms with van der Waals surface area (Å²) in [5, 5.41) is 2.66. The highest BCUT2D eigenvalue weighted by Gasteiger charge is 2.17. The number of aryl methyl sites for hydroxylation is 3. The maximum atomic E-state index is 12.4. The average Bonchev–Trinajstić information content (AvgIpc) is 2.64. The Hall–Kier alpha value is -3.22. The highest BCUT2D eigenvalue weighted by atomic mass is 16.5. The third-order valence-electron chi connectivity index (χ3n) is 4.16. The quantitative estimate of drug-likeness (QED) is 0.733. The molecule has 28 heavy (non-hydrogen) atoms. The van der Waals surface area contributed by atoms with E-state index >= 15 is 0 Å². The second-order valence-corrected chi connectivity index (χ2v) is 6.31. The van der Waals surface area contributed by atoms with Crippen molar-refractivity contribution < 1.29 is 28.5 Å². The van der Waals surface area contributed by atoms with Crippen LogP contribution < -0.4 is 19.5 Å². The van der Waals surface area contributed by atoms with Gasteiger partial charge in [-0.1, -0.05) is 17.7 Å². The van der Waals surface area contributed by atoms with Gasteiger partial charge in [0, 0.05) is 17.8 Å². The lowest BCUT2D eigenvalue weighted by Crippen LogP contribution is -2.21. The van der Waals surface area contributed by atoms with E-state index in [0.29, 0.717) is 28.5 Å². The number of hydrogen-bond donors (Lipinski definition) is 1. The number of nitrogens with one attached hydrogen (secondary N) is 1. The van der Waals surface area contributed by atoms with E-state index in [4.69, 9.17) is 18.9 Å². The number of carbonyl (C=O) groups is 2. The molecule has 0 aliphatic heterocycles. The molecule has 0 saturated heterocycles. The van der Waals surface area contributed by atoms with Gasteiger partial charge in [0.1, 0.15) is 0 Å². The van der Waals surface area contributed by atoms with Gasteiger partial charge in [0.25, 0.3) is 5.91 Å². The zero-order chi connectivity index (χ0) is 20.8. The van der Waals surface area contributed by atoms with E-state index < -0.39 is 18.5 Å². The molecule has 2 aromatic rings. The summed E-state index contributed by atoms with van der Waals surface area (Å²) in [6.45, 7) is 5.22. The molecule has 2 aromatic carbocycles. The molecule has 0 saturated carbocycles. The highest BCUT2D eigenvalue weighted by Crippen LogP contribution is 2.39. The Morgan fingerprint density at radius 1 is 0.857 bits per heavy atom. The number of esters is 1. The summed E-state index contributed by atoms with van der Waals surface area (Å²) in [5.74, 6) is 0.208. The minimum atomic E-state index is -0.532. The van der Waals surface area contributed by atoms with Gasteiger partial charge in [-0.25, -0.2) is 4.79 Å². The molecule has 1 amide bonds. The minimum absolute atomic E-state index is 0.403. The Morgan fingerprint density at radius 3 is 1.86 bits per heavy atom. The average molecular weight is 387 g/mol. The Balaban J connectivity index is 2.08. The van der Waals surface area contributed by atoms with E-state index in [1.54, 1.807) is 12.1 Å². The summed E-state index contributed by atoms with van der Waals surface area (Å²) in [4.78, 5) is 24.6. The molecule has 2 rings (SSSR count). The molecular formula is C21H25NO6. The molecule has 0 aliphatic rings. The molecule has 1 N–H and O–H groups in total. The van der Waals surface area contributed by atoms with Gasteiger partial charge in [0.05, 0.1) is 26.9 Å². The molecule has 150 valence electrons. The molecule has 0 heterocycles. The first-order chi connectivity index (χ1) is 13.3. The second kappa shape index (κ2) is 9.12. The molecule has 0 radical (unpaired) electrons. The van der Waals surface area contributed by atoms with Crippen LogP contribution in [0.5, 0.6) is 17.2 Å². The molecule has 7 nitrogen and oxygen atoms in total. The van der Waals surface area contributed by atoms with E-state index in [-0.39, 0.29) is 0 Å². The summed E-state index contributed by atoms with van der Waals surface area (Å²) >= 11 is 0. The van der Waals surface area contributed by atoms with Crippen LogP contribution in [0, 0.1) is 20.8 Å². The number of carbonyl (C=O) groups excluding carboxylic acids is 2. The van der Waals surface area contributed by atoms with E-state index in [1.165, 1.54) is 21.3 Å². The van der Waals surface area contributed by atoms with Crippen molar-refractivity contribution in [3.63, 3.8) is 0 Å². The fourth-order valence-electron chi connectivity index (χ4n) is 3.06. The van der Waals surface area contributed by atoms with Crippen LogP contribution in [-0.4, -0.2) is 39.8 Å². The van der Waals surface area contributed by atoms with Crippen molar-refractivity contribution in [3.05, 3.63) is 46.5 Å². The monoisotopic (exact) mass is 387 g/mol. The summed E-state index contributed by atoms with van der Waals surface area (Å²) in [7, 11) is 4.46. The van der Waals surface area contributed by atoms with Crippen LogP contribution in [-0.2, 0) is 9.53 Å². The van der Waals surface area contributed by atoms with Gasteiger partial charge in [-0.05, 0) is 31.9 Å². The molecule has 0 bridgehead atoms. The Bertz CT molecular complexity index is 842. The normalized spacial score (nSPS) is 10.2. The summed E-state index contributed by atoms with van der Waals surface area (Å²) in [6.07, 6.45) is 0. The maximum absolute atomic E-state index is 12.4. The van der Waals surface area contributed by atoms with Crippen LogP contribution in [0.25, 0.3) is 0 Å². The smallest absolute Gasteiger partial charge is 0.339 e. The molecule has 0 aliphatic carbocycles. The Labute approximate surface area is 164 Å². The predicted molar refractivity (Wildman–Crippen MR) is 106 cm³/mol. The molecule has 0 spiro atoms. The number of methoxy groups -OCH3 is 3. The fraction of sp³-hybridized carbons (Fsp3) is 0.333. The third kappa shape index (κ3) is 4.73. The first-order valence-corrected chi connectivity index (χ1v) is 8.65. The van der Waals surface area contributed by atoms with Crippen molar-refractivity contribution in [2.75, 3.05) is 33.3 Å². The van der Waals surface area contributed by atoms with Gasteiger partial charge in [0.15, 0.2) is 18.1 Å². The topological polar surface area (TPSA) is 83.1 Å². The van der Waals surface area contributed by atoms with Crippen molar-refractivity contribution in [2.24, 2.45) is 0 Å². The zero-order valence-corrected chi connectivity index (χ0v) is 17.0. The van der Waals surface area contributed by atoms with Gasteiger partial charge in [-0.3, -0.25) is 4.79 Å². The number of benzene rings is 2. The zero-order valence-electron chi connectivity index (χ0n) is 17.0. The maximum Gasteiger partial charge on any atom is 0.339 e. The Kier molecular flexibility index (Phi) is 6.87. The van der Waals surface area contributed by atoms with Gasteiger partial charge >= 0.3 is 5.97 Å². The lowest BCUT2D eigenvalue weighted by molar-refractivity contribution is -0.119. The van der Waals surface area contributed by atoms with Crippen LogP contribution in [0.4, 0.5) is 5.69 Å². The summed E-state index contributed by atoms with van der Waals surface area (Å²) in [5.41, 5.74) is 3.59. The minimum Gasteiger partial charge on any atom is -0.493 e. The first kappa shape index (κ1) is 21.1. The van der Waals surface area contributed by atoms with E-state index in [1.807, 2.05) is 32.9 Å². The molecule has 0 aromatic heterocycles. The number of anilines is 1. The standard InChI is InChI=1S/C21H25NO6/c1-12-7-13(2)19(14(3)8-12)21(24)28-11-18(23)22-15-9-16(25-4)20(27-6)17(10-15)26-5/h7-10H,11H2,1-6H3,(H,22,23).